The molecule has 0 spiro atoms. The van der Waals surface area contributed by atoms with Crippen molar-refractivity contribution >= 4 is 24.0 Å². The van der Waals surface area contributed by atoms with Gasteiger partial charge in [0.1, 0.15) is 6.04 Å². The molecule has 3 amide bonds. The molecule has 124 valence electrons. The van der Waals surface area contributed by atoms with Crippen LogP contribution in [0.4, 0.5) is 0 Å². The predicted octanol–water partition coefficient (Wildman–Crippen LogP) is -0.623. The molecule has 2 atom stereocenters. The highest BCUT2D eigenvalue weighted by atomic mass is 16.2. The molecule has 1 rings (SSSR count). The molecule has 2 N–H and O–H groups in total. The Hall–Kier alpha value is -2.62. The van der Waals surface area contributed by atoms with Crippen LogP contribution in [0, 0.1) is 12.3 Å². The molecular formula is C16H21N3O4. The quantitative estimate of drug-likeness (QED) is 0.256. The van der Waals surface area contributed by atoms with Crippen LogP contribution >= 0.6 is 0 Å². The first kappa shape index (κ1) is 18.4. The summed E-state index contributed by atoms with van der Waals surface area (Å²) in [6.07, 6.45) is 8.91. The van der Waals surface area contributed by atoms with Gasteiger partial charge in [0.25, 0.3) is 5.91 Å². The van der Waals surface area contributed by atoms with Gasteiger partial charge in [-0.2, -0.15) is 0 Å². The van der Waals surface area contributed by atoms with Crippen molar-refractivity contribution in [3.8, 4) is 12.3 Å². The molecular weight excluding hydrogens is 298 g/mol. The highest BCUT2D eigenvalue weighted by Gasteiger charge is 2.33. The first-order valence-corrected chi connectivity index (χ1v) is 7.43. The number of rotatable bonds is 9. The summed E-state index contributed by atoms with van der Waals surface area (Å²) < 4.78 is 0. The zero-order valence-electron chi connectivity index (χ0n) is 12.9. The van der Waals surface area contributed by atoms with Crippen LogP contribution in [0.25, 0.3) is 0 Å². The zero-order chi connectivity index (χ0) is 17.2. The largest absolute Gasteiger partial charge is 0.346 e. The molecule has 0 aromatic carbocycles. The van der Waals surface area contributed by atoms with E-state index in [2.05, 4.69) is 23.1 Å². The van der Waals surface area contributed by atoms with Gasteiger partial charge in [-0.1, -0.05) is 6.08 Å². The Morgan fingerprint density at radius 3 is 2.78 bits per heavy atom. The van der Waals surface area contributed by atoms with E-state index in [-0.39, 0.29) is 19.4 Å². The minimum absolute atomic E-state index is 0.155. The molecule has 0 bridgehead atoms. The second-order valence-corrected chi connectivity index (χ2v) is 5.17. The minimum Gasteiger partial charge on any atom is -0.346 e. The Kier molecular flexibility index (Phi) is 7.54. The van der Waals surface area contributed by atoms with Crippen LogP contribution in [0.15, 0.2) is 12.7 Å². The number of hydrogen-bond donors (Lipinski definition) is 2. The second kappa shape index (κ2) is 9.41. The van der Waals surface area contributed by atoms with Gasteiger partial charge in [-0.25, -0.2) is 0 Å². The fraction of sp³-hybridized carbons (Fsp3) is 0.500. The van der Waals surface area contributed by atoms with E-state index in [1.807, 2.05) is 0 Å². The molecule has 1 heterocycles. The van der Waals surface area contributed by atoms with Crippen molar-refractivity contribution in [1.82, 2.24) is 15.5 Å². The van der Waals surface area contributed by atoms with Gasteiger partial charge in [0.05, 0.1) is 6.04 Å². The van der Waals surface area contributed by atoms with E-state index in [9.17, 15) is 19.2 Å². The topological polar surface area (TPSA) is 95.6 Å². The number of amides is 3. The van der Waals surface area contributed by atoms with Gasteiger partial charge in [-0.05, 0) is 19.3 Å². The van der Waals surface area contributed by atoms with Crippen molar-refractivity contribution in [2.75, 3.05) is 13.1 Å². The molecule has 1 fully saturated rings. The number of nitrogens with one attached hydrogen (secondary N) is 2. The van der Waals surface area contributed by atoms with Gasteiger partial charge in [0, 0.05) is 19.5 Å². The molecule has 0 aliphatic carbocycles. The summed E-state index contributed by atoms with van der Waals surface area (Å²) in [5.74, 6) is 0.378. The van der Waals surface area contributed by atoms with E-state index in [0.717, 1.165) is 6.42 Å². The minimum atomic E-state index is -1.00. The molecule has 7 heteroatoms. The third-order valence-corrected chi connectivity index (χ3v) is 3.57. The number of nitrogens with zero attached hydrogens (tertiary/aromatic N) is 1. The maximum Gasteiger partial charge on any atom is 0.289 e. The van der Waals surface area contributed by atoms with E-state index in [1.54, 1.807) is 0 Å². The number of carbonyl (C=O) groups is 4. The Labute approximate surface area is 135 Å². The van der Waals surface area contributed by atoms with E-state index in [0.29, 0.717) is 19.4 Å². The van der Waals surface area contributed by atoms with Crippen molar-refractivity contribution in [2.24, 2.45) is 0 Å². The lowest BCUT2D eigenvalue weighted by atomic mass is 10.0. The zero-order valence-corrected chi connectivity index (χ0v) is 12.9. The number of ketones is 1. The smallest absolute Gasteiger partial charge is 0.289 e. The summed E-state index contributed by atoms with van der Waals surface area (Å²) in [7, 11) is 0. The van der Waals surface area contributed by atoms with Crippen LogP contribution in [0.5, 0.6) is 0 Å². The number of carbonyl (C=O) groups excluding carboxylic acids is 4. The number of Topliss-reactive ketones (excluding diaryl/α,β-unsaturated/α-hetero) is 1. The van der Waals surface area contributed by atoms with Gasteiger partial charge in [0.15, 0.2) is 0 Å². The Morgan fingerprint density at radius 1 is 1.43 bits per heavy atom. The summed E-state index contributed by atoms with van der Waals surface area (Å²) in [6, 6.07) is -1.61. The highest BCUT2D eigenvalue weighted by molar-refractivity contribution is 6.38. The van der Waals surface area contributed by atoms with E-state index in [1.165, 1.54) is 11.0 Å². The fourth-order valence-corrected chi connectivity index (χ4v) is 2.37. The van der Waals surface area contributed by atoms with Crippen molar-refractivity contribution in [3.63, 3.8) is 0 Å². The van der Waals surface area contributed by atoms with Crippen molar-refractivity contribution in [1.29, 1.82) is 0 Å². The third kappa shape index (κ3) is 5.25. The molecule has 0 radical (unpaired) electrons. The average Bonchev–Trinajstić information content (AvgIpc) is 3.04. The summed E-state index contributed by atoms with van der Waals surface area (Å²) in [4.78, 5) is 48.5. The summed E-state index contributed by atoms with van der Waals surface area (Å²) in [5.41, 5.74) is 0. The molecule has 0 aromatic rings. The van der Waals surface area contributed by atoms with Crippen LogP contribution in [0.1, 0.15) is 25.7 Å². The van der Waals surface area contributed by atoms with Crippen LogP contribution in [0.2, 0.25) is 0 Å². The molecule has 1 aliphatic rings. The molecule has 0 saturated carbocycles. The average molecular weight is 319 g/mol. The van der Waals surface area contributed by atoms with Crippen molar-refractivity contribution in [2.45, 2.75) is 37.8 Å². The monoisotopic (exact) mass is 319 g/mol. The van der Waals surface area contributed by atoms with Crippen LogP contribution in [-0.2, 0) is 19.2 Å². The summed E-state index contributed by atoms with van der Waals surface area (Å²) in [5, 5.41) is 4.92. The van der Waals surface area contributed by atoms with E-state index in [4.69, 9.17) is 6.42 Å². The molecule has 1 saturated heterocycles. The predicted molar refractivity (Wildman–Crippen MR) is 84.0 cm³/mol. The molecule has 1 aliphatic heterocycles. The maximum atomic E-state index is 12.3. The van der Waals surface area contributed by atoms with Crippen molar-refractivity contribution < 1.29 is 19.2 Å². The molecule has 7 nitrogen and oxygen atoms in total. The van der Waals surface area contributed by atoms with Crippen LogP contribution < -0.4 is 10.6 Å². The highest BCUT2D eigenvalue weighted by Crippen LogP contribution is 2.15. The summed E-state index contributed by atoms with van der Waals surface area (Å²) in [6.45, 7) is 4.10. The molecule has 0 aromatic heterocycles. The third-order valence-electron chi connectivity index (χ3n) is 3.57. The van der Waals surface area contributed by atoms with E-state index < -0.39 is 29.7 Å². The van der Waals surface area contributed by atoms with Crippen LogP contribution in [0.3, 0.4) is 0 Å². The SMILES string of the molecule is C#CCCC(NC(=O)C1CCCN1C=O)C(=O)C(=O)NCC=C. The van der Waals surface area contributed by atoms with Crippen LogP contribution in [-0.4, -0.2) is 54.1 Å². The maximum absolute atomic E-state index is 12.3. The number of hydrogen-bond acceptors (Lipinski definition) is 4. The molecule has 23 heavy (non-hydrogen) atoms. The normalized spacial score (nSPS) is 17.7. The Bertz CT molecular complexity index is 524. The Balaban J connectivity index is 2.73. The van der Waals surface area contributed by atoms with Crippen molar-refractivity contribution in [3.05, 3.63) is 12.7 Å². The standard InChI is InChI=1S/C16H21N3O4/c1-3-5-7-12(14(21)16(23)17-9-4-2)18-15(22)13-8-6-10-19(13)11-20/h1,4,11-13H,2,5-10H2,(H,17,23)(H,18,22). The lowest BCUT2D eigenvalue weighted by Crippen LogP contribution is -2.52. The van der Waals surface area contributed by atoms with Gasteiger partial charge in [-0.15, -0.1) is 18.9 Å². The fourth-order valence-electron chi connectivity index (χ4n) is 2.37. The first-order chi connectivity index (χ1) is 11.0. The van der Waals surface area contributed by atoms with Gasteiger partial charge in [0.2, 0.25) is 18.1 Å². The Morgan fingerprint density at radius 2 is 2.17 bits per heavy atom. The number of terminal acetylenes is 1. The van der Waals surface area contributed by atoms with Gasteiger partial charge < -0.3 is 15.5 Å². The number of likely N-dealkylation sites (tertiary alicyclic amines) is 1. The summed E-state index contributed by atoms with van der Waals surface area (Å²) >= 11 is 0. The van der Waals surface area contributed by atoms with E-state index >= 15 is 0 Å². The first-order valence-electron chi connectivity index (χ1n) is 7.43. The van der Waals surface area contributed by atoms with Gasteiger partial charge >= 0.3 is 0 Å². The second-order valence-electron chi connectivity index (χ2n) is 5.17. The lowest BCUT2D eigenvalue weighted by Gasteiger charge is -2.22. The lowest BCUT2D eigenvalue weighted by molar-refractivity contribution is -0.140. The molecule has 2 unspecified atom stereocenters. The van der Waals surface area contributed by atoms with Gasteiger partial charge in [-0.3, -0.25) is 19.2 Å².